The number of aromatic carboxylic acids is 1. The van der Waals surface area contributed by atoms with Crippen molar-refractivity contribution >= 4 is 32.6 Å². The number of benzene rings is 2. The Morgan fingerprint density at radius 2 is 1.88 bits per heavy atom. The quantitative estimate of drug-likeness (QED) is 0.703. The largest absolute Gasteiger partial charge is 0.478 e. The second kappa shape index (κ2) is 6.45. The molecule has 0 saturated heterocycles. The number of carboxylic acids is 1. The molecule has 0 aliphatic heterocycles. The van der Waals surface area contributed by atoms with E-state index in [9.17, 15) is 22.7 Å². The van der Waals surface area contributed by atoms with Crippen molar-refractivity contribution < 1.29 is 27.1 Å². The highest BCUT2D eigenvalue weighted by atomic mass is 32.2. The highest BCUT2D eigenvalue weighted by molar-refractivity contribution is 7.92. The molecule has 0 atom stereocenters. The van der Waals surface area contributed by atoms with E-state index in [0.717, 1.165) is 6.26 Å². The van der Waals surface area contributed by atoms with E-state index in [1.807, 2.05) is 6.92 Å². The normalized spacial score (nSPS) is 11.7. The van der Waals surface area contributed by atoms with E-state index in [0.29, 0.717) is 28.6 Å². The van der Waals surface area contributed by atoms with Crippen LogP contribution in [0.15, 0.2) is 40.8 Å². The number of furan rings is 1. The summed E-state index contributed by atoms with van der Waals surface area (Å²) in [5.41, 5.74) is 1.56. The molecule has 8 heteroatoms. The number of halogens is 1. The highest BCUT2D eigenvalue weighted by Crippen LogP contribution is 2.37. The summed E-state index contributed by atoms with van der Waals surface area (Å²) < 4.78 is 44.4. The van der Waals surface area contributed by atoms with E-state index in [1.165, 1.54) is 30.3 Å². The molecule has 1 aromatic heterocycles. The van der Waals surface area contributed by atoms with Gasteiger partial charge in [0.15, 0.2) is 0 Å². The van der Waals surface area contributed by atoms with Gasteiger partial charge in [-0.25, -0.2) is 17.6 Å². The summed E-state index contributed by atoms with van der Waals surface area (Å²) in [6, 6.07) is 8.34. The molecule has 0 bridgehead atoms. The SMILES string of the molecule is CCc1cc2c(C(=O)O)c(-c3ccc(F)cc3)oc2cc1NS(C)(=O)=O. The van der Waals surface area contributed by atoms with Crippen molar-refractivity contribution in [3.8, 4) is 11.3 Å². The maximum absolute atomic E-state index is 13.2. The summed E-state index contributed by atoms with van der Waals surface area (Å²) in [5, 5.41) is 10.00. The molecule has 2 N–H and O–H groups in total. The molecular weight excluding hydrogens is 361 g/mol. The van der Waals surface area contributed by atoms with Crippen LogP contribution < -0.4 is 4.72 Å². The molecule has 0 aliphatic rings. The van der Waals surface area contributed by atoms with E-state index >= 15 is 0 Å². The van der Waals surface area contributed by atoms with Gasteiger partial charge in [-0.15, -0.1) is 0 Å². The number of anilines is 1. The lowest BCUT2D eigenvalue weighted by molar-refractivity contribution is 0.0699. The van der Waals surface area contributed by atoms with Crippen molar-refractivity contribution in [1.29, 1.82) is 0 Å². The number of carboxylic acid groups (broad SMARTS) is 1. The molecule has 0 saturated carbocycles. The first-order chi connectivity index (χ1) is 12.2. The van der Waals surface area contributed by atoms with Gasteiger partial charge >= 0.3 is 5.97 Å². The molecule has 0 radical (unpaired) electrons. The second-order valence-electron chi connectivity index (χ2n) is 5.85. The first kappa shape index (κ1) is 17.9. The van der Waals surface area contributed by atoms with Crippen LogP contribution in [0.3, 0.4) is 0 Å². The number of sulfonamides is 1. The molecule has 3 aromatic rings. The van der Waals surface area contributed by atoms with Crippen LogP contribution in [0, 0.1) is 5.82 Å². The molecule has 0 fully saturated rings. The van der Waals surface area contributed by atoms with E-state index in [-0.39, 0.29) is 16.9 Å². The second-order valence-corrected chi connectivity index (χ2v) is 7.60. The predicted octanol–water partition coefficient (Wildman–Crippen LogP) is 3.87. The smallest absolute Gasteiger partial charge is 0.340 e. The van der Waals surface area contributed by atoms with Crippen LogP contribution in [0.4, 0.5) is 10.1 Å². The summed E-state index contributed by atoms with van der Waals surface area (Å²) in [4.78, 5) is 11.8. The van der Waals surface area contributed by atoms with Gasteiger partial charge in [0.1, 0.15) is 22.7 Å². The lowest BCUT2D eigenvalue weighted by atomic mass is 10.0. The van der Waals surface area contributed by atoms with Crippen LogP contribution in [-0.4, -0.2) is 25.7 Å². The number of fused-ring (bicyclic) bond motifs is 1. The number of nitrogens with one attached hydrogen (secondary N) is 1. The first-order valence-electron chi connectivity index (χ1n) is 7.76. The molecular formula is C18H16FNO5S. The van der Waals surface area contributed by atoms with Gasteiger partial charge in [-0.3, -0.25) is 4.72 Å². The third-order valence-corrected chi connectivity index (χ3v) is 4.50. The minimum atomic E-state index is -3.50. The maximum Gasteiger partial charge on any atom is 0.340 e. The zero-order chi connectivity index (χ0) is 19.1. The minimum absolute atomic E-state index is 0.0489. The molecule has 0 aliphatic carbocycles. The fourth-order valence-corrected chi connectivity index (χ4v) is 3.38. The summed E-state index contributed by atoms with van der Waals surface area (Å²) in [6.45, 7) is 1.83. The molecule has 6 nitrogen and oxygen atoms in total. The van der Waals surface area contributed by atoms with E-state index in [4.69, 9.17) is 4.42 Å². The maximum atomic E-state index is 13.2. The molecule has 3 rings (SSSR count). The lowest BCUT2D eigenvalue weighted by Crippen LogP contribution is -2.11. The fraction of sp³-hybridized carbons (Fsp3) is 0.167. The van der Waals surface area contributed by atoms with E-state index in [2.05, 4.69) is 4.72 Å². The lowest BCUT2D eigenvalue weighted by Gasteiger charge is -2.09. The van der Waals surface area contributed by atoms with Gasteiger partial charge in [0.25, 0.3) is 0 Å². The Kier molecular flexibility index (Phi) is 4.45. The Morgan fingerprint density at radius 1 is 1.23 bits per heavy atom. The minimum Gasteiger partial charge on any atom is -0.478 e. The van der Waals surface area contributed by atoms with E-state index in [1.54, 1.807) is 6.07 Å². The highest BCUT2D eigenvalue weighted by Gasteiger charge is 2.23. The Bertz CT molecular complexity index is 1100. The third-order valence-electron chi connectivity index (χ3n) is 3.91. The summed E-state index contributed by atoms with van der Waals surface area (Å²) in [5.74, 6) is -1.55. The molecule has 0 amide bonds. The first-order valence-corrected chi connectivity index (χ1v) is 9.65. The Hall–Kier alpha value is -2.87. The van der Waals surface area contributed by atoms with Crippen molar-refractivity contribution in [2.45, 2.75) is 13.3 Å². The third kappa shape index (κ3) is 3.41. The Labute approximate surface area is 149 Å². The Balaban J connectivity index is 2.29. The summed E-state index contributed by atoms with van der Waals surface area (Å²) in [7, 11) is -3.50. The topological polar surface area (TPSA) is 96.6 Å². The number of carbonyl (C=O) groups is 1. The van der Waals surface area contributed by atoms with Crippen molar-refractivity contribution in [2.24, 2.45) is 0 Å². The zero-order valence-corrected chi connectivity index (χ0v) is 14.9. The van der Waals surface area contributed by atoms with Crippen LogP contribution in [0.2, 0.25) is 0 Å². The number of aryl methyl sites for hydroxylation is 1. The van der Waals surface area contributed by atoms with Gasteiger partial charge in [-0.2, -0.15) is 0 Å². The fourth-order valence-electron chi connectivity index (χ4n) is 2.79. The van der Waals surface area contributed by atoms with Gasteiger partial charge in [0.2, 0.25) is 10.0 Å². The van der Waals surface area contributed by atoms with Gasteiger partial charge in [-0.1, -0.05) is 6.92 Å². The molecule has 26 heavy (non-hydrogen) atoms. The number of hydrogen-bond acceptors (Lipinski definition) is 4. The summed E-state index contributed by atoms with van der Waals surface area (Å²) >= 11 is 0. The van der Waals surface area contributed by atoms with Crippen molar-refractivity contribution in [3.63, 3.8) is 0 Å². The predicted molar refractivity (Wildman–Crippen MR) is 96.4 cm³/mol. The molecule has 1 heterocycles. The van der Waals surface area contributed by atoms with Crippen LogP contribution in [0.1, 0.15) is 22.8 Å². The molecule has 0 spiro atoms. The average molecular weight is 377 g/mol. The van der Waals surface area contributed by atoms with Gasteiger partial charge in [-0.05, 0) is 42.3 Å². The summed E-state index contributed by atoms with van der Waals surface area (Å²) in [6.07, 6.45) is 1.52. The van der Waals surface area contributed by atoms with Crippen molar-refractivity contribution in [1.82, 2.24) is 0 Å². The Morgan fingerprint density at radius 3 is 2.42 bits per heavy atom. The van der Waals surface area contributed by atoms with Crippen LogP contribution in [-0.2, 0) is 16.4 Å². The van der Waals surface area contributed by atoms with Crippen molar-refractivity contribution in [2.75, 3.05) is 11.0 Å². The monoisotopic (exact) mass is 377 g/mol. The van der Waals surface area contributed by atoms with Crippen LogP contribution in [0.5, 0.6) is 0 Å². The van der Waals surface area contributed by atoms with E-state index < -0.39 is 21.8 Å². The van der Waals surface area contributed by atoms with Gasteiger partial charge in [0, 0.05) is 17.0 Å². The van der Waals surface area contributed by atoms with Crippen LogP contribution >= 0.6 is 0 Å². The zero-order valence-electron chi connectivity index (χ0n) is 14.0. The standard InChI is InChI=1S/C18H16FNO5S/c1-3-10-8-13-15(9-14(10)20-26(2,23)24)25-17(16(13)18(21)22)11-4-6-12(19)7-5-11/h4-9,20H,3H2,1-2H3,(H,21,22). The number of hydrogen-bond donors (Lipinski definition) is 2. The van der Waals surface area contributed by atoms with Crippen molar-refractivity contribution in [3.05, 3.63) is 53.3 Å². The number of rotatable bonds is 5. The van der Waals surface area contributed by atoms with Gasteiger partial charge in [0.05, 0.1) is 11.9 Å². The molecule has 0 unspecified atom stereocenters. The van der Waals surface area contributed by atoms with Crippen LogP contribution in [0.25, 0.3) is 22.3 Å². The molecule has 136 valence electrons. The molecule has 2 aromatic carbocycles. The average Bonchev–Trinajstić information content (AvgIpc) is 2.91. The van der Waals surface area contributed by atoms with Gasteiger partial charge < -0.3 is 9.52 Å².